The molecule has 0 bridgehead atoms. The molecule has 0 saturated heterocycles. The number of rotatable bonds is 10. The molecule has 0 aromatic carbocycles. The van der Waals surface area contributed by atoms with Crippen molar-refractivity contribution in [2.75, 3.05) is 26.2 Å². The monoisotopic (exact) mass is 323 g/mol. The van der Waals surface area contributed by atoms with Gasteiger partial charge in [-0.15, -0.1) is 0 Å². The van der Waals surface area contributed by atoms with Gasteiger partial charge in [0.25, 0.3) is 0 Å². The maximum absolute atomic E-state index is 11.8. The molecule has 0 aromatic rings. The Morgan fingerprint density at radius 2 is 1.70 bits per heavy atom. The Hall–Kier alpha value is -2.51. The van der Waals surface area contributed by atoms with Gasteiger partial charge in [-0.25, -0.2) is 4.79 Å². The lowest BCUT2D eigenvalue weighted by Gasteiger charge is -2.21. The molecule has 0 fully saturated rings. The van der Waals surface area contributed by atoms with Crippen LogP contribution in [0, 0.1) is 0 Å². The summed E-state index contributed by atoms with van der Waals surface area (Å²) in [6.45, 7) is 1.97. The number of hydrogen-bond donors (Lipinski definition) is 4. The molecule has 23 heavy (non-hydrogen) atoms. The molecule has 0 spiro atoms. The Labute approximate surface area is 135 Å². The quantitative estimate of drug-likeness (QED) is 0.406. The van der Waals surface area contributed by atoms with E-state index in [0.717, 1.165) is 25.7 Å². The van der Waals surface area contributed by atoms with Crippen molar-refractivity contribution >= 4 is 17.8 Å². The third-order valence-corrected chi connectivity index (χ3v) is 3.32. The van der Waals surface area contributed by atoms with E-state index in [4.69, 9.17) is 11.5 Å². The van der Waals surface area contributed by atoms with Gasteiger partial charge in [0.05, 0.1) is 12.1 Å². The van der Waals surface area contributed by atoms with E-state index in [-0.39, 0.29) is 12.5 Å². The molecule has 0 atom stereocenters. The van der Waals surface area contributed by atoms with Crippen LogP contribution in [0.3, 0.4) is 0 Å². The number of nitrogens with two attached hydrogens (primary N) is 2. The predicted molar refractivity (Wildman–Crippen MR) is 87.1 cm³/mol. The summed E-state index contributed by atoms with van der Waals surface area (Å²) in [5, 5.41) is 5.37. The van der Waals surface area contributed by atoms with E-state index in [1.807, 2.05) is 0 Å². The summed E-state index contributed by atoms with van der Waals surface area (Å²) in [7, 11) is 0. The molecule has 1 rings (SSSR count). The number of urea groups is 1. The molecule has 0 radical (unpaired) electrons. The first kappa shape index (κ1) is 18.5. The highest BCUT2D eigenvalue weighted by Crippen LogP contribution is 2.06. The zero-order valence-electron chi connectivity index (χ0n) is 13.2. The molecule has 0 saturated carbocycles. The molecule has 1 aliphatic rings. The standard InChI is InChI=1S/C15H25N5O3/c16-14(22)12-6-5-9-20(10-12)11-13(21)18-7-3-1-2-4-8-19-15(17)23/h5-6,10H,1-4,7-9,11H2,(H2,16,22)(H,18,21)(H3,17,19,23). The fraction of sp³-hybridized carbons (Fsp3) is 0.533. The topological polar surface area (TPSA) is 131 Å². The second-order valence-corrected chi connectivity index (χ2v) is 5.34. The molecule has 6 N–H and O–H groups in total. The van der Waals surface area contributed by atoms with Gasteiger partial charge in [-0.1, -0.05) is 25.0 Å². The van der Waals surface area contributed by atoms with E-state index in [1.54, 1.807) is 23.3 Å². The van der Waals surface area contributed by atoms with Gasteiger partial charge in [0.15, 0.2) is 0 Å². The summed E-state index contributed by atoms with van der Waals surface area (Å²) in [5.74, 6) is -0.590. The number of primary amides is 2. The highest BCUT2D eigenvalue weighted by Gasteiger charge is 2.12. The first-order valence-corrected chi connectivity index (χ1v) is 7.71. The van der Waals surface area contributed by atoms with E-state index in [1.165, 1.54) is 0 Å². The maximum atomic E-state index is 11.8. The summed E-state index contributed by atoms with van der Waals surface area (Å²) < 4.78 is 0. The molecule has 0 unspecified atom stereocenters. The summed E-state index contributed by atoms with van der Waals surface area (Å²) >= 11 is 0. The van der Waals surface area contributed by atoms with Crippen LogP contribution >= 0.6 is 0 Å². The Morgan fingerprint density at radius 1 is 1.04 bits per heavy atom. The molecule has 1 heterocycles. The summed E-state index contributed by atoms with van der Waals surface area (Å²) in [5.41, 5.74) is 10.6. The molecule has 0 aliphatic carbocycles. The number of hydrogen-bond acceptors (Lipinski definition) is 4. The molecule has 0 aromatic heterocycles. The lowest BCUT2D eigenvalue weighted by molar-refractivity contribution is -0.121. The van der Waals surface area contributed by atoms with Crippen LogP contribution in [0.2, 0.25) is 0 Å². The van der Waals surface area contributed by atoms with E-state index < -0.39 is 11.9 Å². The van der Waals surface area contributed by atoms with Crippen molar-refractivity contribution in [2.45, 2.75) is 25.7 Å². The van der Waals surface area contributed by atoms with Crippen molar-refractivity contribution in [1.29, 1.82) is 0 Å². The van der Waals surface area contributed by atoms with Crippen molar-refractivity contribution in [3.63, 3.8) is 0 Å². The minimum Gasteiger partial charge on any atom is -0.366 e. The zero-order valence-corrected chi connectivity index (χ0v) is 13.2. The van der Waals surface area contributed by atoms with Crippen LogP contribution in [0.5, 0.6) is 0 Å². The Morgan fingerprint density at radius 3 is 2.30 bits per heavy atom. The van der Waals surface area contributed by atoms with Crippen molar-refractivity contribution < 1.29 is 14.4 Å². The number of unbranched alkanes of at least 4 members (excludes halogenated alkanes) is 3. The highest BCUT2D eigenvalue weighted by molar-refractivity contribution is 5.95. The predicted octanol–water partition coefficient (Wildman–Crippen LogP) is -0.428. The van der Waals surface area contributed by atoms with Crippen LogP contribution < -0.4 is 22.1 Å². The SMILES string of the molecule is NC(=O)NCCCCCCNC(=O)CN1C=C(C(N)=O)C=CC1. The van der Waals surface area contributed by atoms with Crippen LogP contribution in [-0.2, 0) is 9.59 Å². The molecular formula is C15H25N5O3. The number of amides is 4. The van der Waals surface area contributed by atoms with Crippen LogP contribution in [0.25, 0.3) is 0 Å². The minimum atomic E-state index is -0.503. The Kier molecular flexibility index (Phi) is 8.27. The van der Waals surface area contributed by atoms with Crippen LogP contribution in [0.4, 0.5) is 4.79 Å². The average Bonchev–Trinajstić information content (AvgIpc) is 2.49. The van der Waals surface area contributed by atoms with Gasteiger partial charge >= 0.3 is 6.03 Å². The Balaban J connectivity index is 2.08. The van der Waals surface area contributed by atoms with E-state index in [9.17, 15) is 14.4 Å². The number of nitrogens with zero attached hydrogens (tertiary/aromatic N) is 1. The van der Waals surface area contributed by atoms with Gasteiger partial charge in [0, 0.05) is 25.8 Å². The molecule has 8 heteroatoms. The number of carbonyl (C=O) groups is 3. The smallest absolute Gasteiger partial charge is 0.312 e. The maximum Gasteiger partial charge on any atom is 0.312 e. The fourth-order valence-corrected chi connectivity index (χ4v) is 2.15. The fourth-order valence-electron chi connectivity index (χ4n) is 2.15. The first-order valence-electron chi connectivity index (χ1n) is 7.71. The largest absolute Gasteiger partial charge is 0.366 e. The van der Waals surface area contributed by atoms with Gasteiger partial charge in [-0.05, 0) is 12.8 Å². The Bertz CT molecular complexity index is 488. The van der Waals surface area contributed by atoms with Gasteiger partial charge in [0.1, 0.15) is 0 Å². The zero-order chi connectivity index (χ0) is 17.1. The number of nitrogens with one attached hydrogen (secondary N) is 2. The first-order chi connectivity index (χ1) is 11.0. The van der Waals surface area contributed by atoms with Crippen molar-refractivity contribution in [3.05, 3.63) is 23.9 Å². The van der Waals surface area contributed by atoms with Crippen LogP contribution in [-0.4, -0.2) is 48.9 Å². The molecular weight excluding hydrogens is 298 g/mol. The van der Waals surface area contributed by atoms with E-state index >= 15 is 0 Å². The van der Waals surface area contributed by atoms with Crippen LogP contribution in [0.15, 0.2) is 23.9 Å². The van der Waals surface area contributed by atoms with Gasteiger partial charge < -0.3 is 27.0 Å². The molecule has 8 nitrogen and oxygen atoms in total. The van der Waals surface area contributed by atoms with Gasteiger partial charge in [0.2, 0.25) is 11.8 Å². The summed E-state index contributed by atoms with van der Waals surface area (Å²) in [4.78, 5) is 35.1. The lowest BCUT2D eigenvalue weighted by Crippen LogP contribution is -2.36. The third-order valence-electron chi connectivity index (χ3n) is 3.32. The van der Waals surface area contributed by atoms with Gasteiger partial charge in [-0.2, -0.15) is 0 Å². The number of carbonyl (C=O) groups excluding carboxylic acids is 3. The van der Waals surface area contributed by atoms with E-state index in [2.05, 4.69) is 10.6 Å². The van der Waals surface area contributed by atoms with Crippen LogP contribution in [0.1, 0.15) is 25.7 Å². The average molecular weight is 323 g/mol. The van der Waals surface area contributed by atoms with E-state index in [0.29, 0.717) is 25.2 Å². The molecule has 128 valence electrons. The second kappa shape index (κ2) is 10.3. The van der Waals surface area contributed by atoms with Crippen molar-refractivity contribution in [3.8, 4) is 0 Å². The third kappa shape index (κ3) is 8.50. The summed E-state index contributed by atoms with van der Waals surface area (Å²) in [6.07, 6.45) is 8.75. The normalized spacial score (nSPS) is 13.4. The van der Waals surface area contributed by atoms with Crippen molar-refractivity contribution in [2.24, 2.45) is 11.5 Å². The van der Waals surface area contributed by atoms with Gasteiger partial charge in [-0.3, -0.25) is 9.59 Å². The second-order valence-electron chi connectivity index (χ2n) is 5.34. The molecule has 4 amide bonds. The highest BCUT2D eigenvalue weighted by atomic mass is 16.2. The summed E-state index contributed by atoms with van der Waals surface area (Å²) in [6, 6.07) is -0.502. The van der Waals surface area contributed by atoms with Crippen molar-refractivity contribution in [1.82, 2.24) is 15.5 Å². The lowest BCUT2D eigenvalue weighted by atomic mass is 10.2. The molecule has 1 aliphatic heterocycles. The minimum absolute atomic E-state index is 0.0873.